The van der Waals surface area contributed by atoms with Crippen LogP contribution in [-0.4, -0.2) is 59.8 Å². The standard InChI is InChI=1S/C25H27ClN4O4/c1-29-14-17(13-27-29)19-15-30(25(32)16-8-9-22(33-2)23(12-16)34-3)11-10-21(19)28-24(31)18-6-4-5-7-20(18)26/h4-9,12-14,19,21H,10-11,15H2,1-3H3,(H,28,31). The molecule has 2 unspecified atom stereocenters. The molecule has 0 radical (unpaired) electrons. The van der Waals surface area contributed by atoms with E-state index in [0.29, 0.717) is 47.2 Å². The van der Waals surface area contributed by atoms with Crippen molar-refractivity contribution in [1.29, 1.82) is 0 Å². The van der Waals surface area contributed by atoms with Crippen LogP contribution in [0.25, 0.3) is 0 Å². The summed E-state index contributed by atoms with van der Waals surface area (Å²) in [7, 11) is 4.94. The quantitative estimate of drug-likeness (QED) is 0.581. The number of carbonyl (C=O) groups excluding carboxylic acids is 2. The van der Waals surface area contributed by atoms with Gasteiger partial charge < -0.3 is 19.7 Å². The molecule has 1 aliphatic rings. The Labute approximate surface area is 203 Å². The Kier molecular flexibility index (Phi) is 7.07. The van der Waals surface area contributed by atoms with Gasteiger partial charge in [-0.1, -0.05) is 23.7 Å². The summed E-state index contributed by atoms with van der Waals surface area (Å²) in [6, 6.07) is 11.9. The summed E-state index contributed by atoms with van der Waals surface area (Å²) < 4.78 is 12.4. The molecule has 2 heterocycles. The fourth-order valence-electron chi connectivity index (χ4n) is 4.32. The number of ether oxygens (including phenoxy) is 2. The average Bonchev–Trinajstić information content (AvgIpc) is 3.29. The number of methoxy groups -OCH3 is 2. The first kappa shape index (κ1) is 23.6. The Balaban J connectivity index is 1.56. The highest BCUT2D eigenvalue weighted by Gasteiger charge is 2.35. The third-order valence-electron chi connectivity index (χ3n) is 6.12. The van der Waals surface area contributed by atoms with E-state index in [1.54, 1.807) is 65.4 Å². The molecule has 3 aromatic rings. The second-order valence-corrected chi connectivity index (χ2v) is 8.63. The minimum atomic E-state index is -0.232. The topological polar surface area (TPSA) is 85.7 Å². The van der Waals surface area contributed by atoms with Crippen molar-refractivity contribution in [2.45, 2.75) is 18.4 Å². The van der Waals surface area contributed by atoms with Crippen molar-refractivity contribution in [3.05, 3.63) is 76.6 Å². The minimum absolute atomic E-state index is 0.106. The Morgan fingerprint density at radius 1 is 1.12 bits per heavy atom. The van der Waals surface area contributed by atoms with Gasteiger partial charge in [0.15, 0.2) is 11.5 Å². The number of rotatable bonds is 6. The largest absolute Gasteiger partial charge is 0.493 e. The number of benzene rings is 2. The molecule has 1 fully saturated rings. The van der Waals surface area contributed by atoms with Crippen molar-refractivity contribution in [1.82, 2.24) is 20.0 Å². The molecular formula is C25H27ClN4O4. The smallest absolute Gasteiger partial charge is 0.254 e. The molecule has 0 spiro atoms. The Morgan fingerprint density at radius 2 is 1.88 bits per heavy atom. The lowest BCUT2D eigenvalue weighted by atomic mass is 9.87. The molecule has 0 aliphatic carbocycles. The van der Waals surface area contributed by atoms with Gasteiger partial charge in [0.05, 0.1) is 31.0 Å². The number of nitrogens with zero attached hydrogens (tertiary/aromatic N) is 3. The van der Waals surface area contributed by atoms with E-state index in [9.17, 15) is 9.59 Å². The molecule has 2 amide bonds. The van der Waals surface area contributed by atoms with Crippen LogP contribution in [0, 0.1) is 0 Å². The highest BCUT2D eigenvalue weighted by molar-refractivity contribution is 6.33. The van der Waals surface area contributed by atoms with Crippen LogP contribution in [0.4, 0.5) is 0 Å². The van der Waals surface area contributed by atoms with E-state index in [4.69, 9.17) is 21.1 Å². The highest BCUT2D eigenvalue weighted by atomic mass is 35.5. The Bertz CT molecular complexity index is 1200. The maximum absolute atomic E-state index is 13.3. The predicted octanol–water partition coefficient (Wildman–Crippen LogP) is 3.52. The van der Waals surface area contributed by atoms with Gasteiger partial charge in [0, 0.05) is 43.9 Å². The molecule has 1 aromatic heterocycles. The minimum Gasteiger partial charge on any atom is -0.493 e. The fourth-order valence-corrected chi connectivity index (χ4v) is 4.54. The molecule has 178 valence electrons. The van der Waals surface area contributed by atoms with Gasteiger partial charge in [0.25, 0.3) is 11.8 Å². The summed E-state index contributed by atoms with van der Waals surface area (Å²) >= 11 is 6.23. The summed E-state index contributed by atoms with van der Waals surface area (Å²) in [4.78, 5) is 28.1. The van der Waals surface area contributed by atoms with Crippen molar-refractivity contribution in [2.24, 2.45) is 7.05 Å². The van der Waals surface area contributed by atoms with E-state index < -0.39 is 0 Å². The number of halogens is 1. The summed E-state index contributed by atoms with van der Waals surface area (Å²) in [5, 5.41) is 7.83. The van der Waals surface area contributed by atoms with Crippen LogP contribution in [0.5, 0.6) is 11.5 Å². The van der Waals surface area contributed by atoms with Crippen LogP contribution in [-0.2, 0) is 7.05 Å². The zero-order chi connectivity index (χ0) is 24.2. The number of nitrogens with one attached hydrogen (secondary N) is 1. The summed E-state index contributed by atoms with van der Waals surface area (Å²) in [5.74, 6) is 0.597. The number of likely N-dealkylation sites (tertiary alicyclic amines) is 1. The van der Waals surface area contributed by atoms with Gasteiger partial charge in [-0.15, -0.1) is 0 Å². The van der Waals surface area contributed by atoms with Gasteiger partial charge in [0.1, 0.15) is 0 Å². The maximum atomic E-state index is 13.3. The van der Waals surface area contributed by atoms with E-state index in [1.807, 2.05) is 13.2 Å². The number of piperidine rings is 1. The van der Waals surface area contributed by atoms with Crippen LogP contribution < -0.4 is 14.8 Å². The monoisotopic (exact) mass is 482 g/mol. The van der Waals surface area contributed by atoms with Crippen LogP contribution in [0.1, 0.15) is 38.6 Å². The average molecular weight is 483 g/mol. The first-order valence-corrected chi connectivity index (χ1v) is 11.3. The number of carbonyl (C=O) groups is 2. The molecule has 0 bridgehead atoms. The Hall–Kier alpha value is -3.52. The SMILES string of the molecule is COc1ccc(C(=O)N2CCC(NC(=O)c3ccccc3Cl)C(c3cnn(C)c3)C2)cc1OC. The van der Waals surface area contributed by atoms with Crippen molar-refractivity contribution in [3.8, 4) is 11.5 Å². The molecule has 0 saturated carbocycles. The summed E-state index contributed by atoms with van der Waals surface area (Å²) in [6.07, 6.45) is 4.29. The summed E-state index contributed by atoms with van der Waals surface area (Å²) in [6.45, 7) is 0.934. The van der Waals surface area contributed by atoms with Gasteiger partial charge in [-0.2, -0.15) is 5.10 Å². The lowest BCUT2D eigenvalue weighted by Crippen LogP contribution is -2.51. The molecule has 1 N–H and O–H groups in total. The van der Waals surface area contributed by atoms with E-state index in [1.165, 1.54) is 7.11 Å². The van der Waals surface area contributed by atoms with Gasteiger partial charge in [0.2, 0.25) is 0 Å². The van der Waals surface area contributed by atoms with Crippen molar-refractivity contribution >= 4 is 23.4 Å². The van der Waals surface area contributed by atoms with Gasteiger partial charge in [-0.05, 0) is 42.3 Å². The van der Waals surface area contributed by atoms with Crippen LogP contribution in [0.15, 0.2) is 54.9 Å². The van der Waals surface area contributed by atoms with Gasteiger partial charge in [-0.3, -0.25) is 14.3 Å². The first-order chi connectivity index (χ1) is 16.4. The lowest BCUT2D eigenvalue weighted by Gasteiger charge is -2.38. The van der Waals surface area contributed by atoms with E-state index in [-0.39, 0.29) is 23.8 Å². The van der Waals surface area contributed by atoms with Crippen molar-refractivity contribution in [2.75, 3.05) is 27.3 Å². The number of aromatic nitrogens is 2. The molecule has 2 atom stereocenters. The fraction of sp³-hybridized carbons (Fsp3) is 0.320. The number of aryl methyl sites for hydroxylation is 1. The van der Waals surface area contributed by atoms with E-state index >= 15 is 0 Å². The van der Waals surface area contributed by atoms with E-state index in [0.717, 1.165) is 5.56 Å². The number of hydrogen-bond donors (Lipinski definition) is 1. The molecule has 4 rings (SSSR count). The first-order valence-electron chi connectivity index (χ1n) is 11.0. The second-order valence-electron chi connectivity index (χ2n) is 8.22. The van der Waals surface area contributed by atoms with Crippen LogP contribution >= 0.6 is 11.6 Å². The Morgan fingerprint density at radius 3 is 2.56 bits per heavy atom. The third-order valence-corrected chi connectivity index (χ3v) is 6.45. The van der Waals surface area contributed by atoms with Gasteiger partial charge >= 0.3 is 0 Å². The summed E-state index contributed by atoms with van der Waals surface area (Å²) in [5.41, 5.74) is 1.90. The zero-order valence-corrected chi connectivity index (χ0v) is 20.1. The van der Waals surface area contributed by atoms with Crippen molar-refractivity contribution in [3.63, 3.8) is 0 Å². The number of hydrogen-bond acceptors (Lipinski definition) is 5. The second kappa shape index (κ2) is 10.2. The molecule has 9 heteroatoms. The predicted molar refractivity (Wildman–Crippen MR) is 129 cm³/mol. The molecule has 34 heavy (non-hydrogen) atoms. The highest BCUT2D eigenvalue weighted by Crippen LogP contribution is 2.31. The molecule has 8 nitrogen and oxygen atoms in total. The van der Waals surface area contributed by atoms with Crippen molar-refractivity contribution < 1.29 is 19.1 Å². The van der Waals surface area contributed by atoms with Crippen LogP contribution in [0.2, 0.25) is 5.02 Å². The maximum Gasteiger partial charge on any atom is 0.254 e. The molecule has 2 aromatic carbocycles. The van der Waals surface area contributed by atoms with Crippen LogP contribution in [0.3, 0.4) is 0 Å². The van der Waals surface area contributed by atoms with Gasteiger partial charge in [-0.25, -0.2) is 0 Å². The number of amides is 2. The lowest BCUT2D eigenvalue weighted by molar-refractivity contribution is 0.0671. The molecular weight excluding hydrogens is 456 g/mol. The normalized spacial score (nSPS) is 17.8. The zero-order valence-electron chi connectivity index (χ0n) is 19.3. The third kappa shape index (κ3) is 4.87. The van der Waals surface area contributed by atoms with E-state index in [2.05, 4.69) is 10.4 Å². The molecule has 1 aliphatic heterocycles. The molecule has 1 saturated heterocycles.